The van der Waals surface area contributed by atoms with Gasteiger partial charge in [0.25, 0.3) is 5.91 Å². The minimum atomic E-state index is -0.805. The molecule has 1 N–H and O–H groups in total. The largest absolute Gasteiger partial charge is 0.497 e. The number of methoxy groups -OCH3 is 2. The molecule has 0 saturated carbocycles. The van der Waals surface area contributed by atoms with Crippen LogP contribution in [-0.2, 0) is 25.5 Å². The average molecular weight is 309 g/mol. The van der Waals surface area contributed by atoms with Gasteiger partial charge in [-0.15, -0.1) is 0 Å². The molecule has 1 aromatic carbocycles. The van der Waals surface area contributed by atoms with Gasteiger partial charge in [0, 0.05) is 20.1 Å². The Kier molecular flexibility index (Phi) is 7.99. The van der Waals surface area contributed by atoms with Crippen molar-refractivity contribution in [1.29, 1.82) is 0 Å². The van der Waals surface area contributed by atoms with E-state index < -0.39 is 12.1 Å². The van der Waals surface area contributed by atoms with Gasteiger partial charge in [0.2, 0.25) is 0 Å². The topological polar surface area (TPSA) is 73.9 Å². The summed E-state index contributed by atoms with van der Waals surface area (Å²) in [5.74, 6) is 0.0488. The first-order valence-corrected chi connectivity index (χ1v) is 7.16. The Labute approximate surface area is 130 Å². The molecule has 6 heteroatoms. The third kappa shape index (κ3) is 6.58. The number of hydrogen-bond donors (Lipinski definition) is 1. The van der Waals surface area contributed by atoms with Crippen LogP contribution in [0.15, 0.2) is 24.3 Å². The summed E-state index contributed by atoms with van der Waals surface area (Å²) in [7, 11) is 3.15. The van der Waals surface area contributed by atoms with Gasteiger partial charge in [-0.25, -0.2) is 0 Å². The predicted octanol–water partition coefficient (Wildman–Crippen LogP) is 1.32. The van der Waals surface area contributed by atoms with E-state index in [1.165, 1.54) is 0 Å². The zero-order valence-corrected chi connectivity index (χ0v) is 13.3. The van der Waals surface area contributed by atoms with Crippen molar-refractivity contribution in [2.75, 3.05) is 27.4 Å². The van der Waals surface area contributed by atoms with Crippen LogP contribution < -0.4 is 10.1 Å². The smallest absolute Gasteiger partial charge is 0.306 e. The highest BCUT2D eigenvalue weighted by Gasteiger charge is 2.17. The lowest BCUT2D eigenvalue weighted by molar-refractivity contribution is -0.154. The fourth-order valence-corrected chi connectivity index (χ4v) is 1.77. The Hall–Kier alpha value is -2.08. The summed E-state index contributed by atoms with van der Waals surface area (Å²) < 4.78 is 15.0. The Morgan fingerprint density at radius 3 is 2.45 bits per heavy atom. The molecule has 0 unspecified atom stereocenters. The van der Waals surface area contributed by atoms with Gasteiger partial charge in [0.1, 0.15) is 5.75 Å². The lowest BCUT2D eigenvalue weighted by Gasteiger charge is -2.13. The fourth-order valence-electron chi connectivity index (χ4n) is 1.77. The minimum Gasteiger partial charge on any atom is -0.497 e. The number of nitrogens with one attached hydrogen (secondary N) is 1. The molecule has 0 aliphatic rings. The number of hydrogen-bond acceptors (Lipinski definition) is 5. The summed E-state index contributed by atoms with van der Waals surface area (Å²) >= 11 is 0. The summed E-state index contributed by atoms with van der Waals surface area (Å²) in [6.45, 7) is 2.36. The Bertz CT molecular complexity index is 472. The van der Waals surface area contributed by atoms with Crippen molar-refractivity contribution < 1.29 is 23.8 Å². The molecule has 0 fully saturated rings. The van der Waals surface area contributed by atoms with Gasteiger partial charge in [0.15, 0.2) is 6.10 Å². The summed E-state index contributed by atoms with van der Waals surface area (Å²) in [4.78, 5) is 23.4. The molecule has 0 aromatic heterocycles. The first-order chi connectivity index (χ1) is 10.6. The van der Waals surface area contributed by atoms with Crippen LogP contribution in [-0.4, -0.2) is 45.4 Å². The van der Waals surface area contributed by atoms with Crippen molar-refractivity contribution in [1.82, 2.24) is 5.32 Å². The molecule has 0 saturated heterocycles. The van der Waals surface area contributed by atoms with Crippen LogP contribution in [0.4, 0.5) is 0 Å². The predicted molar refractivity (Wildman–Crippen MR) is 81.8 cm³/mol. The van der Waals surface area contributed by atoms with Crippen molar-refractivity contribution in [2.24, 2.45) is 0 Å². The molecule has 0 radical (unpaired) electrons. The highest BCUT2D eigenvalue weighted by Crippen LogP contribution is 2.13. The number of rotatable bonds is 9. The van der Waals surface area contributed by atoms with E-state index in [-0.39, 0.29) is 12.3 Å². The summed E-state index contributed by atoms with van der Waals surface area (Å²) in [6, 6.07) is 7.47. The minimum absolute atomic E-state index is 0.224. The molecule has 0 aliphatic carbocycles. The SMILES string of the molecule is COCCNC(=O)[C@@H](C)OC(=O)CCc1ccc(OC)cc1. The number of benzene rings is 1. The molecule has 1 amide bonds. The monoisotopic (exact) mass is 309 g/mol. The van der Waals surface area contributed by atoms with Crippen LogP contribution in [0.1, 0.15) is 18.9 Å². The molecule has 122 valence electrons. The number of carbonyl (C=O) groups is 2. The summed E-state index contributed by atoms with van der Waals surface area (Å²) in [5.41, 5.74) is 1.01. The number of carbonyl (C=O) groups excluding carboxylic acids is 2. The van der Waals surface area contributed by atoms with Gasteiger partial charge in [-0.1, -0.05) is 12.1 Å². The first-order valence-electron chi connectivity index (χ1n) is 7.16. The van der Waals surface area contributed by atoms with Crippen LogP contribution in [0.3, 0.4) is 0 Å². The Morgan fingerprint density at radius 2 is 1.86 bits per heavy atom. The molecule has 0 spiro atoms. The van der Waals surface area contributed by atoms with E-state index in [0.29, 0.717) is 19.6 Å². The molecule has 1 atom stereocenters. The second-order valence-corrected chi connectivity index (χ2v) is 4.76. The van der Waals surface area contributed by atoms with Crippen LogP contribution in [0.25, 0.3) is 0 Å². The van der Waals surface area contributed by atoms with Gasteiger partial charge in [-0.2, -0.15) is 0 Å². The second-order valence-electron chi connectivity index (χ2n) is 4.76. The van der Waals surface area contributed by atoms with E-state index in [1.54, 1.807) is 21.1 Å². The fraction of sp³-hybridized carbons (Fsp3) is 0.500. The van der Waals surface area contributed by atoms with Crippen molar-refractivity contribution in [3.8, 4) is 5.75 Å². The van der Waals surface area contributed by atoms with E-state index in [0.717, 1.165) is 11.3 Å². The van der Waals surface area contributed by atoms with Crippen molar-refractivity contribution >= 4 is 11.9 Å². The lowest BCUT2D eigenvalue weighted by Crippen LogP contribution is -2.37. The third-order valence-electron chi connectivity index (χ3n) is 3.06. The highest BCUT2D eigenvalue weighted by atomic mass is 16.5. The molecular weight excluding hydrogens is 286 g/mol. The number of aryl methyl sites for hydroxylation is 1. The molecule has 22 heavy (non-hydrogen) atoms. The number of ether oxygens (including phenoxy) is 3. The van der Waals surface area contributed by atoms with Crippen LogP contribution in [0.5, 0.6) is 5.75 Å². The van der Waals surface area contributed by atoms with Gasteiger partial charge in [-0.3, -0.25) is 9.59 Å². The molecule has 0 heterocycles. The first kappa shape index (κ1) is 18.0. The molecule has 6 nitrogen and oxygen atoms in total. The van der Waals surface area contributed by atoms with Crippen LogP contribution >= 0.6 is 0 Å². The Balaban J connectivity index is 2.31. The number of esters is 1. The van der Waals surface area contributed by atoms with E-state index in [9.17, 15) is 9.59 Å². The molecular formula is C16H23NO5. The molecule has 0 aliphatic heterocycles. The summed E-state index contributed by atoms with van der Waals surface area (Å²) in [5, 5.41) is 2.62. The average Bonchev–Trinajstić information content (AvgIpc) is 2.53. The second kappa shape index (κ2) is 9.78. The van der Waals surface area contributed by atoms with Crippen molar-refractivity contribution in [3.63, 3.8) is 0 Å². The third-order valence-corrected chi connectivity index (χ3v) is 3.06. The molecule has 1 rings (SSSR count). The standard InChI is InChI=1S/C16H23NO5/c1-12(16(19)17-10-11-20-2)22-15(18)9-6-13-4-7-14(21-3)8-5-13/h4-5,7-8,12H,6,9-11H2,1-3H3,(H,17,19)/t12-/m1/s1. The highest BCUT2D eigenvalue weighted by molar-refractivity contribution is 5.83. The van der Waals surface area contributed by atoms with Gasteiger partial charge in [0.05, 0.1) is 13.7 Å². The van der Waals surface area contributed by atoms with E-state index in [4.69, 9.17) is 14.2 Å². The maximum atomic E-state index is 11.7. The zero-order chi connectivity index (χ0) is 16.4. The van der Waals surface area contributed by atoms with E-state index in [2.05, 4.69) is 5.32 Å². The normalized spacial score (nSPS) is 11.6. The van der Waals surface area contributed by atoms with Crippen molar-refractivity contribution in [3.05, 3.63) is 29.8 Å². The maximum Gasteiger partial charge on any atom is 0.306 e. The quantitative estimate of drug-likeness (QED) is 0.550. The molecule has 0 bridgehead atoms. The zero-order valence-electron chi connectivity index (χ0n) is 13.3. The maximum absolute atomic E-state index is 11.7. The van der Waals surface area contributed by atoms with Gasteiger partial charge in [-0.05, 0) is 31.0 Å². The van der Waals surface area contributed by atoms with Crippen LogP contribution in [0, 0.1) is 0 Å². The molecule has 1 aromatic rings. The number of amides is 1. The van der Waals surface area contributed by atoms with Crippen LogP contribution in [0.2, 0.25) is 0 Å². The van der Waals surface area contributed by atoms with Crippen molar-refractivity contribution in [2.45, 2.75) is 25.9 Å². The van der Waals surface area contributed by atoms with E-state index >= 15 is 0 Å². The summed E-state index contributed by atoms with van der Waals surface area (Å²) in [6.07, 6.45) is -0.0247. The Morgan fingerprint density at radius 1 is 1.18 bits per heavy atom. The lowest BCUT2D eigenvalue weighted by atomic mass is 10.1. The van der Waals surface area contributed by atoms with Gasteiger partial charge >= 0.3 is 5.97 Å². The van der Waals surface area contributed by atoms with Gasteiger partial charge < -0.3 is 19.5 Å². The van der Waals surface area contributed by atoms with E-state index in [1.807, 2.05) is 24.3 Å².